The van der Waals surface area contributed by atoms with Gasteiger partial charge in [-0.2, -0.15) is 0 Å². The average Bonchev–Trinajstić information content (AvgIpc) is 1.61. The number of ether oxygens (including phenoxy) is 1. The molecule has 0 fully saturated rings. The lowest BCUT2D eigenvalue weighted by Gasteiger charge is -2.00. The fourth-order valence-electron chi connectivity index (χ4n) is 0.207. The van der Waals surface area contributed by atoms with Crippen LogP contribution in [-0.2, 0) is 4.74 Å². The molecule has 0 aliphatic heterocycles. The van der Waals surface area contributed by atoms with Gasteiger partial charge in [-0.15, -0.1) is 0 Å². The van der Waals surface area contributed by atoms with Crippen molar-refractivity contribution in [3.8, 4) is 0 Å². The minimum absolute atomic E-state index is 0.185. The SMILES string of the molecule is C[C@H](Br)OCCBr. The van der Waals surface area contributed by atoms with Gasteiger partial charge in [0.2, 0.25) is 0 Å². The van der Waals surface area contributed by atoms with Crippen LogP contribution in [0.25, 0.3) is 0 Å². The molecule has 0 radical (unpaired) electrons. The molecule has 0 unspecified atom stereocenters. The maximum Gasteiger partial charge on any atom is 0.109 e. The lowest BCUT2D eigenvalue weighted by Crippen LogP contribution is -2.00. The summed E-state index contributed by atoms with van der Waals surface area (Å²) in [4.78, 5) is 0. The summed E-state index contributed by atoms with van der Waals surface area (Å²) < 4.78 is 5.06. The van der Waals surface area contributed by atoms with Gasteiger partial charge in [0.25, 0.3) is 0 Å². The van der Waals surface area contributed by atoms with Crippen molar-refractivity contribution >= 4 is 31.9 Å². The Morgan fingerprint density at radius 1 is 1.71 bits per heavy atom. The summed E-state index contributed by atoms with van der Waals surface area (Å²) in [5.74, 6) is 0. The van der Waals surface area contributed by atoms with Gasteiger partial charge in [-0.1, -0.05) is 31.9 Å². The zero-order valence-electron chi connectivity index (χ0n) is 4.16. The maximum absolute atomic E-state index is 5.06. The van der Waals surface area contributed by atoms with E-state index in [2.05, 4.69) is 31.9 Å². The van der Waals surface area contributed by atoms with Crippen molar-refractivity contribution < 1.29 is 4.74 Å². The molecule has 0 N–H and O–H groups in total. The zero-order valence-corrected chi connectivity index (χ0v) is 7.33. The third-order valence-corrected chi connectivity index (χ3v) is 1.01. The molecule has 0 bridgehead atoms. The van der Waals surface area contributed by atoms with Gasteiger partial charge >= 0.3 is 0 Å². The quantitative estimate of drug-likeness (QED) is 0.677. The Kier molecular flexibility index (Phi) is 5.73. The van der Waals surface area contributed by atoms with Crippen LogP contribution in [0.4, 0.5) is 0 Å². The Morgan fingerprint density at radius 2 is 2.29 bits per heavy atom. The van der Waals surface area contributed by atoms with Gasteiger partial charge in [-0.25, -0.2) is 0 Å². The standard InChI is InChI=1S/C4H8Br2O/c1-4(6)7-3-2-5/h4H,2-3H2,1H3/t4-/m1/s1. The third kappa shape index (κ3) is 6.92. The normalized spacial score (nSPS) is 14.1. The summed E-state index contributed by atoms with van der Waals surface area (Å²) in [5, 5.41) is 1.09. The molecule has 0 heterocycles. The number of hydrogen-bond donors (Lipinski definition) is 0. The highest BCUT2D eigenvalue weighted by Crippen LogP contribution is 1.98. The summed E-state index contributed by atoms with van der Waals surface area (Å²) in [6.07, 6.45) is 0. The number of alkyl halides is 2. The Morgan fingerprint density at radius 3 is 2.43 bits per heavy atom. The first kappa shape index (κ1) is 7.92. The zero-order chi connectivity index (χ0) is 5.70. The highest BCUT2D eigenvalue weighted by molar-refractivity contribution is 9.09. The molecule has 1 atom stereocenters. The van der Waals surface area contributed by atoms with Gasteiger partial charge in [0.1, 0.15) is 5.01 Å². The molecule has 0 aliphatic carbocycles. The summed E-state index contributed by atoms with van der Waals surface area (Å²) in [7, 11) is 0. The van der Waals surface area contributed by atoms with E-state index >= 15 is 0 Å². The monoisotopic (exact) mass is 230 g/mol. The molecule has 44 valence electrons. The van der Waals surface area contributed by atoms with Gasteiger partial charge in [0, 0.05) is 5.33 Å². The average molecular weight is 232 g/mol. The van der Waals surface area contributed by atoms with Crippen LogP contribution in [0.5, 0.6) is 0 Å². The first-order valence-corrected chi connectivity index (χ1v) is 4.12. The largest absolute Gasteiger partial charge is 0.366 e. The van der Waals surface area contributed by atoms with Gasteiger partial charge < -0.3 is 4.74 Å². The summed E-state index contributed by atoms with van der Waals surface area (Å²) >= 11 is 6.46. The van der Waals surface area contributed by atoms with Crippen LogP contribution >= 0.6 is 31.9 Å². The minimum atomic E-state index is 0.185. The topological polar surface area (TPSA) is 9.23 Å². The molecule has 0 aromatic heterocycles. The lowest BCUT2D eigenvalue weighted by atomic mass is 10.8. The fraction of sp³-hybridized carbons (Fsp3) is 1.00. The van der Waals surface area contributed by atoms with Crippen molar-refractivity contribution in [1.29, 1.82) is 0 Å². The predicted molar refractivity (Wildman–Crippen MR) is 38.1 cm³/mol. The Bertz CT molecular complexity index is 38.7. The molecule has 0 aromatic rings. The second-order valence-electron chi connectivity index (χ2n) is 1.10. The van der Waals surface area contributed by atoms with E-state index in [1.807, 2.05) is 6.92 Å². The second-order valence-corrected chi connectivity index (χ2v) is 3.19. The minimum Gasteiger partial charge on any atom is -0.366 e. The summed E-state index contributed by atoms with van der Waals surface area (Å²) in [5.41, 5.74) is 0. The van der Waals surface area contributed by atoms with Gasteiger partial charge in [0.15, 0.2) is 0 Å². The van der Waals surface area contributed by atoms with E-state index in [1.54, 1.807) is 0 Å². The van der Waals surface area contributed by atoms with Crippen molar-refractivity contribution in [2.75, 3.05) is 11.9 Å². The number of rotatable bonds is 3. The van der Waals surface area contributed by atoms with E-state index in [-0.39, 0.29) is 5.01 Å². The smallest absolute Gasteiger partial charge is 0.109 e. The molecule has 1 nitrogen and oxygen atoms in total. The van der Waals surface area contributed by atoms with Crippen LogP contribution in [0.3, 0.4) is 0 Å². The fourth-order valence-corrected chi connectivity index (χ4v) is 0.581. The Hall–Kier alpha value is 0.920. The van der Waals surface area contributed by atoms with Gasteiger partial charge in [-0.05, 0) is 6.92 Å². The van der Waals surface area contributed by atoms with Crippen LogP contribution in [0.1, 0.15) is 6.92 Å². The molecular weight excluding hydrogens is 224 g/mol. The van der Waals surface area contributed by atoms with Gasteiger partial charge in [-0.3, -0.25) is 0 Å². The first-order chi connectivity index (χ1) is 3.27. The molecule has 7 heavy (non-hydrogen) atoms. The molecule has 0 aromatic carbocycles. The van der Waals surface area contributed by atoms with Crippen molar-refractivity contribution in [1.82, 2.24) is 0 Å². The molecule has 0 aliphatic rings. The van der Waals surface area contributed by atoms with Crippen LogP contribution in [-0.4, -0.2) is 17.0 Å². The van der Waals surface area contributed by atoms with E-state index in [9.17, 15) is 0 Å². The predicted octanol–water partition coefficient (Wildman–Crippen LogP) is 2.14. The molecule has 3 heteroatoms. The lowest BCUT2D eigenvalue weighted by molar-refractivity contribution is 0.145. The van der Waals surface area contributed by atoms with E-state index < -0.39 is 0 Å². The molecule has 0 rings (SSSR count). The van der Waals surface area contributed by atoms with E-state index in [0.717, 1.165) is 11.9 Å². The second kappa shape index (κ2) is 5.06. The van der Waals surface area contributed by atoms with Gasteiger partial charge in [0.05, 0.1) is 6.61 Å². The Labute approximate surface area is 60.7 Å². The highest BCUT2D eigenvalue weighted by Gasteiger charge is 1.89. The maximum atomic E-state index is 5.06. The number of hydrogen-bond acceptors (Lipinski definition) is 1. The van der Waals surface area contributed by atoms with E-state index in [0.29, 0.717) is 0 Å². The molecular formula is C4H8Br2O. The van der Waals surface area contributed by atoms with Crippen molar-refractivity contribution in [3.63, 3.8) is 0 Å². The van der Waals surface area contributed by atoms with E-state index in [4.69, 9.17) is 4.74 Å². The van der Waals surface area contributed by atoms with Crippen molar-refractivity contribution in [2.45, 2.75) is 11.9 Å². The van der Waals surface area contributed by atoms with Crippen molar-refractivity contribution in [2.24, 2.45) is 0 Å². The molecule has 0 amide bonds. The third-order valence-electron chi connectivity index (χ3n) is 0.425. The van der Waals surface area contributed by atoms with Crippen LogP contribution in [0, 0.1) is 0 Å². The Balaban J connectivity index is 2.68. The molecule has 0 saturated heterocycles. The number of halogens is 2. The molecule has 0 spiro atoms. The molecule has 0 saturated carbocycles. The van der Waals surface area contributed by atoms with Crippen LogP contribution in [0.15, 0.2) is 0 Å². The van der Waals surface area contributed by atoms with Crippen molar-refractivity contribution in [3.05, 3.63) is 0 Å². The summed E-state index contributed by atoms with van der Waals surface area (Å²) in [6.45, 7) is 2.72. The van der Waals surface area contributed by atoms with E-state index in [1.165, 1.54) is 0 Å². The first-order valence-electron chi connectivity index (χ1n) is 2.09. The van der Waals surface area contributed by atoms with Crippen LogP contribution in [0.2, 0.25) is 0 Å². The van der Waals surface area contributed by atoms with Crippen LogP contribution < -0.4 is 0 Å². The highest BCUT2D eigenvalue weighted by atomic mass is 79.9. The summed E-state index contributed by atoms with van der Waals surface area (Å²) in [6, 6.07) is 0.